The van der Waals surface area contributed by atoms with Crippen molar-refractivity contribution in [3.63, 3.8) is 0 Å². The molecule has 0 aromatic heterocycles. The summed E-state index contributed by atoms with van der Waals surface area (Å²) in [7, 11) is 0. The molecule has 1 saturated heterocycles. The minimum absolute atomic E-state index is 0.401. The van der Waals surface area contributed by atoms with Crippen LogP contribution in [0.4, 0.5) is 0 Å². The molecule has 1 aromatic carbocycles. The summed E-state index contributed by atoms with van der Waals surface area (Å²) < 4.78 is 0. The molecule has 2 N–H and O–H groups in total. The van der Waals surface area contributed by atoms with Gasteiger partial charge in [0.25, 0.3) is 0 Å². The molecule has 3 rings (SSSR count). The second kappa shape index (κ2) is 5.31. The Morgan fingerprint density at radius 2 is 2.21 bits per heavy atom. The number of fused-ring (bicyclic) bond motifs is 1. The highest BCUT2D eigenvalue weighted by Gasteiger charge is 2.28. The van der Waals surface area contributed by atoms with Crippen LogP contribution in [0.2, 0.25) is 0 Å². The number of hydrogen-bond acceptors (Lipinski definition) is 3. The van der Waals surface area contributed by atoms with Crippen LogP contribution in [0.1, 0.15) is 23.1 Å². The lowest BCUT2D eigenvalue weighted by atomic mass is 10.0. The van der Waals surface area contributed by atoms with Crippen LogP contribution >= 0.6 is 0 Å². The van der Waals surface area contributed by atoms with Gasteiger partial charge in [-0.1, -0.05) is 18.2 Å². The average Bonchev–Trinajstić information content (AvgIpc) is 2.86. The van der Waals surface area contributed by atoms with Gasteiger partial charge in [0.05, 0.1) is 0 Å². The highest BCUT2D eigenvalue weighted by molar-refractivity contribution is 5.74. The molecule has 1 aliphatic heterocycles. The summed E-state index contributed by atoms with van der Waals surface area (Å²) >= 11 is 0. The maximum absolute atomic E-state index is 11.3. The van der Waals surface area contributed by atoms with Gasteiger partial charge in [-0.25, -0.2) is 0 Å². The van der Waals surface area contributed by atoms with Crippen molar-refractivity contribution in [3.8, 4) is 0 Å². The first-order valence-corrected chi connectivity index (χ1v) is 7.02. The van der Waals surface area contributed by atoms with Crippen LogP contribution in [0, 0.1) is 0 Å². The predicted octanol–water partition coefficient (Wildman–Crippen LogP) is 1.03. The Hall–Kier alpha value is -1.39. The summed E-state index contributed by atoms with van der Waals surface area (Å²) in [5.74, 6) is -0.728. The predicted molar refractivity (Wildman–Crippen MR) is 73.2 cm³/mol. The third-order valence-electron chi connectivity index (χ3n) is 4.19. The number of benzene rings is 1. The van der Waals surface area contributed by atoms with E-state index < -0.39 is 12.0 Å². The molecule has 1 aliphatic carbocycles. The summed E-state index contributed by atoms with van der Waals surface area (Å²) in [6.07, 6.45) is 3.62. The van der Waals surface area contributed by atoms with E-state index in [9.17, 15) is 9.90 Å². The maximum Gasteiger partial charge on any atom is 0.322 e. The smallest absolute Gasteiger partial charge is 0.322 e. The molecule has 0 spiro atoms. The van der Waals surface area contributed by atoms with E-state index in [4.69, 9.17) is 0 Å². The van der Waals surface area contributed by atoms with Crippen molar-refractivity contribution >= 4 is 5.97 Å². The van der Waals surface area contributed by atoms with Crippen LogP contribution in [0.25, 0.3) is 0 Å². The van der Waals surface area contributed by atoms with Crippen molar-refractivity contribution in [1.29, 1.82) is 0 Å². The average molecular weight is 260 g/mol. The third kappa shape index (κ3) is 2.65. The molecule has 1 aromatic rings. The Morgan fingerprint density at radius 1 is 1.37 bits per heavy atom. The lowest BCUT2D eigenvalue weighted by Crippen LogP contribution is -2.54. The molecule has 19 heavy (non-hydrogen) atoms. The van der Waals surface area contributed by atoms with Gasteiger partial charge >= 0.3 is 5.97 Å². The highest BCUT2D eigenvalue weighted by atomic mass is 16.4. The van der Waals surface area contributed by atoms with Crippen molar-refractivity contribution in [2.45, 2.75) is 31.8 Å². The van der Waals surface area contributed by atoms with Crippen molar-refractivity contribution < 1.29 is 9.90 Å². The van der Waals surface area contributed by atoms with Crippen LogP contribution in [0.5, 0.6) is 0 Å². The monoisotopic (exact) mass is 260 g/mol. The van der Waals surface area contributed by atoms with E-state index in [1.165, 1.54) is 36.0 Å². The van der Waals surface area contributed by atoms with Crippen LogP contribution < -0.4 is 5.32 Å². The highest BCUT2D eigenvalue weighted by Crippen LogP contribution is 2.23. The minimum Gasteiger partial charge on any atom is -0.480 e. The molecular weight excluding hydrogens is 240 g/mol. The van der Waals surface area contributed by atoms with Gasteiger partial charge in [-0.2, -0.15) is 0 Å². The Morgan fingerprint density at radius 3 is 3.05 bits per heavy atom. The maximum atomic E-state index is 11.3. The van der Waals surface area contributed by atoms with Gasteiger partial charge in [0.2, 0.25) is 0 Å². The van der Waals surface area contributed by atoms with Crippen molar-refractivity contribution in [2.75, 3.05) is 19.6 Å². The van der Waals surface area contributed by atoms with E-state index in [-0.39, 0.29) is 0 Å². The molecule has 1 atom stereocenters. The Balaban J connectivity index is 1.74. The van der Waals surface area contributed by atoms with E-state index in [0.29, 0.717) is 6.54 Å². The van der Waals surface area contributed by atoms with Gasteiger partial charge in [0.1, 0.15) is 6.04 Å². The summed E-state index contributed by atoms with van der Waals surface area (Å²) in [4.78, 5) is 13.3. The van der Waals surface area contributed by atoms with Gasteiger partial charge < -0.3 is 10.4 Å². The molecule has 0 saturated carbocycles. The fourth-order valence-electron chi connectivity index (χ4n) is 3.14. The Kier molecular flexibility index (Phi) is 3.53. The van der Waals surface area contributed by atoms with Gasteiger partial charge in [-0.15, -0.1) is 0 Å². The number of piperazine rings is 1. The summed E-state index contributed by atoms with van der Waals surface area (Å²) in [5.41, 5.74) is 4.17. The molecular formula is C15H20N2O2. The molecule has 4 heteroatoms. The zero-order chi connectivity index (χ0) is 13.2. The van der Waals surface area contributed by atoms with Crippen molar-refractivity contribution in [3.05, 3.63) is 34.9 Å². The molecule has 0 amide bonds. The lowest BCUT2D eigenvalue weighted by Gasteiger charge is -2.33. The summed E-state index contributed by atoms with van der Waals surface area (Å²) in [6.45, 7) is 2.95. The largest absolute Gasteiger partial charge is 0.480 e. The number of aliphatic carboxylic acids is 1. The van der Waals surface area contributed by atoms with E-state index in [2.05, 4.69) is 28.4 Å². The molecule has 1 heterocycles. The zero-order valence-corrected chi connectivity index (χ0v) is 11.1. The molecule has 2 aliphatic rings. The number of nitrogens with zero attached hydrogens (tertiary/aromatic N) is 1. The number of aryl methyl sites for hydroxylation is 2. The molecule has 4 nitrogen and oxygen atoms in total. The second-order valence-electron chi connectivity index (χ2n) is 5.49. The number of carboxylic acid groups (broad SMARTS) is 1. The van der Waals surface area contributed by atoms with Gasteiger partial charge in [-0.05, 0) is 36.0 Å². The number of carboxylic acids is 1. The Bertz CT molecular complexity index is 487. The number of nitrogens with one attached hydrogen (secondary N) is 1. The summed E-state index contributed by atoms with van der Waals surface area (Å²) in [5, 5.41) is 12.4. The van der Waals surface area contributed by atoms with Crippen LogP contribution in [0.3, 0.4) is 0 Å². The molecule has 0 radical (unpaired) electrons. The lowest BCUT2D eigenvalue weighted by molar-refractivity contribution is -0.144. The van der Waals surface area contributed by atoms with Gasteiger partial charge in [0.15, 0.2) is 0 Å². The Labute approximate surface area is 113 Å². The molecule has 0 bridgehead atoms. The van der Waals surface area contributed by atoms with E-state index in [1.54, 1.807) is 0 Å². The van der Waals surface area contributed by atoms with Crippen LogP contribution in [-0.2, 0) is 24.2 Å². The standard InChI is InChI=1S/C15H20N2O2/c18-15(19)14-9-16-6-7-17(14)10-11-4-5-12-2-1-3-13(12)8-11/h4-5,8,14,16H,1-3,6-7,9-10H2,(H,18,19). The number of hydrogen-bond donors (Lipinski definition) is 2. The van der Waals surface area contributed by atoms with E-state index in [1.807, 2.05) is 0 Å². The first kappa shape index (κ1) is 12.6. The summed E-state index contributed by atoms with van der Waals surface area (Å²) in [6, 6.07) is 6.24. The normalized spacial score (nSPS) is 23.3. The van der Waals surface area contributed by atoms with Crippen LogP contribution in [0.15, 0.2) is 18.2 Å². The number of rotatable bonds is 3. The fourth-order valence-corrected chi connectivity index (χ4v) is 3.14. The fraction of sp³-hybridized carbons (Fsp3) is 0.533. The SMILES string of the molecule is O=C(O)C1CNCCN1Cc1ccc2c(c1)CCC2. The third-order valence-corrected chi connectivity index (χ3v) is 4.19. The van der Waals surface area contributed by atoms with Gasteiger partial charge in [-0.3, -0.25) is 9.69 Å². The molecule has 1 unspecified atom stereocenters. The second-order valence-corrected chi connectivity index (χ2v) is 5.49. The first-order chi connectivity index (χ1) is 9.24. The number of carbonyl (C=O) groups is 1. The van der Waals surface area contributed by atoms with Crippen molar-refractivity contribution in [2.24, 2.45) is 0 Å². The topological polar surface area (TPSA) is 52.6 Å². The zero-order valence-electron chi connectivity index (χ0n) is 11.1. The molecule has 102 valence electrons. The minimum atomic E-state index is -0.728. The van der Waals surface area contributed by atoms with Gasteiger partial charge in [0, 0.05) is 26.2 Å². The van der Waals surface area contributed by atoms with Crippen LogP contribution in [-0.4, -0.2) is 41.7 Å². The molecule has 1 fully saturated rings. The quantitative estimate of drug-likeness (QED) is 0.852. The first-order valence-electron chi connectivity index (χ1n) is 7.02. The van der Waals surface area contributed by atoms with Crippen molar-refractivity contribution in [1.82, 2.24) is 10.2 Å². The van der Waals surface area contributed by atoms with E-state index in [0.717, 1.165) is 19.6 Å². The van der Waals surface area contributed by atoms with E-state index >= 15 is 0 Å².